The Morgan fingerprint density at radius 2 is 1.69 bits per heavy atom. The molecule has 3 amide bonds. The SMILES string of the molecule is C=C/C=C\C(=C/C)C(O)(C(/C=C\C)=C/C=C)C1CCN(C(=O)ON2C(=O)CCC2=O)CC1. The van der Waals surface area contributed by atoms with Crippen LogP contribution in [0.15, 0.2) is 72.9 Å². The van der Waals surface area contributed by atoms with Gasteiger partial charge in [-0.05, 0) is 43.8 Å². The molecule has 0 aromatic rings. The molecule has 2 fully saturated rings. The molecule has 0 bridgehead atoms. The number of carbonyl (C=O) groups excluding carboxylic acids is 3. The van der Waals surface area contributed by atoms with Crippen LogP contribution in [0.4, 0.5) is 4.79 Å². The molecule has 2 aliphatic heterocycles. The largest absolute Gasteiger partial charge is 0.434 e. The standard InChI is InChI=1S/C25H32N2O5/c1-5-9-12-19(8-4)25(31,20(10-6-2)11-7-3)21-15-17-26(18-16-21)24(30)32-27-22(28)13-14-23(27)29/h5-12,21,31H,1-2,13-18H2,3-4H3/b11-7-,12-9-,19-8+,20-10+. The van der Waals surface area contributed by atoms with E-state index in [9.17, 15) is 19.5 Å². The van der Waals surface area contributed by atoms with Crippen molar-refractivity contribution in [2.75, 3.05) is 13.1 Å². The second-order valence-electron chi connectivity index (χ2n) is 7.66. The Kier molecular flexibility index (Phi) is 8.96. The Morgan fingerprint density at radius 1 is 1.06 bits per heavy atom. The van der Waals surface area contributed by atoms with Gasteiger partial charge in [0.1, 0.15) is 5.60 Å². The number of likely N-dealkylation sites (tertiary alicyclic amines) is 1. The minimum absolute atomic E-state index is 0.0505. The normalized spacial score (nSPS) is 20.8. The van der Waals surface area contributed by atoms with Gasteiger partial charge in [-0.1, -0.05) is 61.8 Å². The van der Waals surface area contributed by atoms with E-state index in [-0.39, 0.29) is 18.8 Å². The molecule has 1 unspecified atom stereocenters. The summed E-state index contributed by atoms with van der Waals surface area (Å²) in [5.74, 6) is -1.21. The number of piperidine rings is 1. The zero-order valence-electron chi connectivity index (χ0n) is 18.8. The van der Waals surface area contributed by atoms with Crippen molar-refractivity contribution in [2.24, 2.45) is 5.92 Å². The molecule has 1 atom stereocenters. The Morgan fingerprint density at radius 3 is 2.19 bits per heavy atom. The molecule has 2 saturated heterocycles. The minimum Gasteiger partial charge on any atom is -0.380 e. The molecule has 0 aromatic heterocycles. The van der Waals surface area contributed by atoms with Crippen LogP contribution < -0.4 is 0 Å². The van der Waals surface area contributed by atoms with E-state index in [1.165, 1.54) is 4.90 Å². The van der Waals surface area contributed by atoms with Crippen molar-refractivity contribution >= 4 is 17.9 Å². The van der Waals surface area contributed by atoms with Gasteiger partial charge in [-0.2, -0.15) is 0 Å². The van der Waals surface area contributed by atoms with E-state index in [0.29, 0.717) is 36.6 Å². The molecule has 1 N–H and O–H groups in total. The number of hydroxylamine groups is 2. The van der Waals surface area contributed by atoms with Gasteiger partial charge in [0, 0.05) is 25.9 Å². The highest BCUT2D eigenvalue weighted by Crippen LogP contribution is 2.41. The van der Waals surface area contributed by atoms with Crippen LogP contribution in [0.1, 0.15) is 39.5 Å². The first-order chi connectivity index (χ1) is 15.3. The molecule has 7 heteroatoms. The first-order valence-corrected chi connectivity index (χ1v) is 10.8. The summed E-state index contributed by atoms with van der Waals surface area (Å²) in [6.07, 6.45) is 14.6. The molecule has 0 saturated carbocycles. The summed E-state index contributed by atoms with van der Waals surface area (Å²) in [5, 5.41) is 12.6. The maximum atomic E-state index is 12.5. The van der Waals surface area contributed by atoms with Crippen molar-refractivity contribution in [3.05, 3.63) is 72.9 Å². The summed E-state index contributed by atoms with van der Waals surface area (Å²) < 4.78 is 0. The van der Waals surface area contributed by atoms with Crippen molar-refractivity contribution in [2.45, 2.75) is 45.1 Å². The average molecular weight is 441 g/mol. The Hall–Kier alpha value is -3.19. The fraction of sp³-hybridized carbons (Fsp3) is 0.400. The van der Waals surface area contributed by atoms with Crippen molar-refractivity contribution in [3.8, 4) is 0 Å². The fourth-order valence-corrected chi connectivity index (χ4v) is 4.14. The van der Waals surface area contributed by atoms with Gasteiger partial charge >= 0.3 is 6.09 Å². The van der Waals surface area contributed by atoms with Crippen LogP contribution in [-0.2, 0) is 14.4 Å². The second-order valence-corrected chi connectivity index (χ2v) is 7.66. The van der Waals surface area contributed by atoms with Gasteiger partial charge in [-0.15, -0.1) is 5.06 Å². The third-order valence-electron chi connectivity index (χ3n) is 5.77. The van der Waals surface area contributed by atoms with Crippen LogP contribution in [0.5, 0.6) is 0 Å². The van der Waals surface area contributed by atoms with Gasteiger partial charge in [0.15, 0.2) is 0 Å². The number of nitrogens with zero attached hydrogens (tertiary/aromatic N) is 2. The van der Waals surface area contributed by atoms with E-state index in [1.807, 2.05) is 38.2 Å². The van der Waals surface area contributed by atoms with Gasteiger partial charge in [0.05, 0.1) is 0 Å². The van der Waals surface area contributed by atoms with Crippen molar-refractivity contribution in [1.29, 1.82) is 0 Å². The van der Waals surface area contributed by atoms with E-state index in [2.05, 4.69) is 13.2 Å². The molecule has 2 heterocycles. The number of amides is 3. The maximum Gasteiger partial charge on any atom is 0.434 e. The summed E-state index contributed by atoms with van der Waals surface area (Å²) >= 11 is 0. The molecule has 0 radical (unpaired) electrons. The maximum absolute atomic E-state index is 12.5. The molecule has 0 aromatic carbocycles. The third-order valence-corrected chi connectivity index (χ3v) is 5.77. The zero-order chi connectivity index (χ0) is 23.7. The molecular formula is C25H32N2O5. The predicted octanol–water partition coefficient (Wildman–Crippen LogP) is 4.01. The van der Waals surface area contributed by atoms with Gasteiger partial charge in [0.25, 0.3) is 11.8 Å². The van der Waals surface area contributed by atoms with Gasteiger partial charge in [-0.3, -0.25) is 9.59 Å². The molecule has 0 aliphatic carbocycles. The van der Waals surface area contributed by atoms with E-state index >= 15 is 0 Å². The van der Waals surface area contributed by atoms with Gasteiger partial charge in [-0.25, -0.2) is 4.79 Å². The van der Waals surface area contributed by atoms with Crippen LogP contribution in [-0.4, -0.2) is 51.7 Å². The molecule has 0 spiro atoms. The summed E-state index contributed by atoms with van der Waals surface area (Å²) in [4.78, 5) is 42.4. The lowest BCUT2D eigenvalue weighted by atomic mass is 9.70. The lowest BCUT2D eigenvalue weighted by Gasteiger charge is -2.43. The number of aliphatic hydroxyl groups is 1. The van der Waals surface area contributed by atoms with Crippen LogP contribution >= 0.6 is 0 Å². The van der Waals surface area contributed by atoms with E-state index in [0.717, 1.165) is 5.57 Å². The third kappa shape index (κ3) is 5.34. The zero-order valence-corrected chi connectivity index (χ0v) is 18.8. The molecular weight excluding hydrogens is 408 g/mol. The molecule has 2 aliphatic rings. The van der Waals surface area contributed by atoms with Crippen molar-refractivity contribution in [1.82, 2.24) is 9.96 Å². The Balaban J connectivity index is 2.23. The Labute approximate surface area is 189 Å². The highest BCUT2D eigenvalue weighted by molar-refractivity contribution is 6.01. The first kappa shape index (κ1) is 25.1. The summed E-state index contributed by atoms with van der Waals surface area (Å²) in [5.41, 5.74) is 0.121. The number of imide groups is 1. The summed E-state index contributed by atoms with van der Waals surface area (Å²) in [7, 11) is 0. The molecule has 32 heavy (non-hydrogen) atoms. The quantitative estimate of drug-likeness (QED) is 0.455. The van der Waals surface area contributed by atoms with E-state index in [4.69, 9.17) is 4.84 Å². The summed E-state index contributed by atoms with van der Waals surface area (Å²) in [6, 6.07) is 0. The van der Waals surface area contributed by atoms with E-state index < -0.39 is 23.5 Å². The number of allylic oxidation sites excluding steroid dienone is 6. The lowest BCUT2D eigenvalue weighted by Crippen LogP contribution is -2.49. The molecule has 7 nitrogen and oxygen atoms in total. The number of hydrogen-bond donors (Lipinski definition) is 1. The van der Waals surface area contributed by atoms with Crippen LogP contribution in [0.25, 0.3) is 0 Å². The van der Waals surface area contributed by atoms with Crippen LogP contribution in [0, 0.1) is 5.92 Å². The van der Waals surface area contributed by atoms with Crippen molar-refractivity contribution in [3.63, 3.8) is 0 Å². The van der Waals surface area contributed by atoms with Crippen molar-refractivity contribution < 1.29 is 24.3 Å². The lowest BCUT2D eigenvalue weighted by molar-refractivity contribution is -0.174. The number of hydrogen-bond acceptors (Lipinski definition) is 5. The minimum atomic E-state index is -1.30. The van der Waals surface area contributed by atoms with Gasteiger partial charge in [0.2, 0.25) is 0 Å². The predicted molar refractivity (Wildman–Crippen MR) is 123 cm³/mol. The number of rotatable bonds is 8. The molecule has 2 rings (SSSR count). The average Bonchev–Trinajstić information content (AvgIpc) is 3.11. The van der Waals surface area contributed by atoms with Crippen LogP contribution in [0.2, 0.25) is 0 Å². The Bertz CT molecular complexity index is 859. The van der Waals surface area contributed by atoms with E-state index in [1.54, 1.807) is 24.3 Å². The van der Waals surface area contributed by atoms with Crippen LogP contribution in [0.3, 0.4) is 0 Å². The monoisotopic (exact) mass is 440 g/mol. The van der Waals surface area contributed by atoms with Gasteiger partial charge < -0.3 is 14.8 Å². The molecule has 172 valence electrons. The first-order valence-electron chi connectivity index (χ1n) is 10.8. The fourth-order valence-electron chi connectivity index (χ4n) is 4.14. The summed E-state index contributed by atoms with van der Waals surface area (Å²) in [6.45, 7) is 11.9. The number of carbonyl (C=O) groups is 3. The smallest absolute Gasteiger partial charge is 0.380 e. The highest BCUT2D eigenvalue weighted by atomic mass is 16.7. The highest BCUT2D eigenvalue weighted by Gasteiger charge is 2.44. The topological polar surface area (TPSA) is 87.2 Å². The second kappa shape index (κ2) is 11.4.